The number of sulfone groups is 1. The van der Waals surface area contributed by atoms with E-state index in [1.165, 1.54) is 0 Å². The molecule has 1 N–H and O–H groups in total. The van der Waals surface area contributed by atoms with Gasteiger partial charge in [0.2, 0.25) is 0 Å². The molecule has 2 aromatic rings. The Morgan fingerprint density at radius 2 is 2.17 bits per heavy atom. The summed E-state index contributed by atoms with van der Waals surface area (Å²) < 4.78 is 24.2. The van der Waals surface area contributed by atoms with E-state index in [-0.39, 0.29) is 5.75 Å². The molecule has 0 amide bonds. The van der Waals surface area contributed by atoms with Crippen LogP contribution in [0.5, 0.6) is 0 Å². The Kier molecular flexibility index (Phi) is 2.66. The van der Waals surface area contributed by atoms with Crippen LogP contribution in [0.25, 0.3) is 11.0 Å². The van der Waals surface area contributed by atoms with Gasteiger partial charge >= 0.3 is 0 Å². The third-order valence-electron chi connectivity index (χ3n) is 3.62. The number of nitrogens with zero attached hydrogens (tertiary/aromatic N) is 1. The fourth-order valence-electron chi connectivity index (χ4n) is 2.61. The Labute approximate surface area is 106 Å². The largest absolute Gasteiger partial charge is 0.341 e. The molecule has 0 saturated carbocycles. The van der Waals surface area contributed by atoms with Crippen molar-refractivity contribution >= 4 is 20.9 Å². The summed E-state index contributed by atoms with van der Waals surface area (Å²) in [5.41, 5.74) is 2.88. The number of rotatable bonds is 1. The average molecular weight is 264 g/mol. The van der Waals surface area contributed by atoms with Crippen molar-refractivity contribution in [3.8, 4) is 0 Å². The van der Waals surface area contributed by atoms with Crippen molar-refractivity contribution in [3.63, 3.8) is 0 Å². The second-order valence-electron chi connectivity index (χ2n) is 4.94. The van der Waals surface area contributed by atoms with Crippen molar-refractivity contribution in [1.82, 2.24) is 9.97 Å². The van der Waals surface area contributed by atoms with Crippen molar-refractivity contribution < 1.29 is 8.42 Å². The van der Waals surface area contributed by atoms with E-state index in [2.05, 4.69) is 9.97 Å². The number of hydrogen-bond donors (Lipinski definition) is 1. The van der Waals surface area contributed by atoms with E-state index >= 15 is 0 Å². The molecule has 0 spiro atoms. The summed E-state index contributed by atoms with van der Waals surface area (Å²) in [5, 5.41) is -0.446. The molecule has 4 nitrogen and oxygen atoms in total. The number of benzene rings is 1. The summed E-state index contributed by atoms with van der Waals surface area (Å²) in [6.07, 6.45) is 2.42. The maximum atomic E-state index is 12.1. The van der Waals surface area contributed by atoms with Gasteiger partial charge in [0, 0.05) is 0 Å². The Hall–Kier alpha value is -1.36. The molecule has 1 aliphatic rings. The molecule has 0 aliphatic carbocycles. The van der Waals surface area contributed by atoms with Crippen LogP contribution in [0.4, 0.5) is 0 Å². The first-order valence-corrected chi connectivity index (χ1v) is 7.96. The zero-order valence-electron chi connectivity index (χ0n) is 10.3. The van der Waals surface area contributed by atoms with Crippen molar-refractivity contribution in [3.05, 3.63) is 29.6 Å². The summed E-state index contributed by atoms with van der Waals surface area (Å²) in [6.45, 7) is 1.99. The van der Waals surface area contributed by atoms with E-state index in [0.29, 0.717) is 12.2 Å². The topological polar surface area (TPSA) is 62.8 Å². The lowest BCUT2D eigenvalue weighted by molar-refractivity contribution is 0.540. The molecule has 5 heteroatoms. The Bertz CT molecular complexity index is 688. The van der Waals surface area contributed by atoms with Gasteiger partial charge in [-0.05, 0) is 31.4 Å². The highest BCUT2D eigenvalue weighted by molar-refractivity contribution is 7.91. The maximum absolute atomic E-state index is 12.1. The molecule has 1 aromatic heterocycles. The highest BCUT2D eigenvalue weighted by Gasteiger charge is 2.32. The molecule has 0 radical (unpaired) electrons. The summed E-state index contributed by atoms with van der Waals surface area (Å²) in [4.78, 5) is 7.67. The molecule has 1 atom stereocenters. The first-order chi connectivity index (χ1) is 8.58. The molecule has 3 rings (SSSR count). The number of H-pyrrole nitrogens is 1. The zero-order valence-corrected chi connectivity index (χ0v) is 11.1. The highest BCUT2D eigenvalue weighted by atomic mass is 32.2. The molecular weight excluding hydrogens is 248 g/mol. The minimum atomic E-state index is -3.03. The monoisotopic (exact) mass is 264 g/mol. The number of hydrogen-bond acceptors (Lipinski definition) is 3. The number of aromatic nitrogens is 2. The maximum Gasteiger partial charge on any atom is 0.160 e. The quantitative estimate of drug-likeness (QED) is 0.860. The second-order valence-corrected chi connectivity index (χ2v) is 7.25. The van der Waals surface area contributed by atoms with E-state index in [1.807, 2.05) is 25.1 Å². The highest BCUT2D eigenvalue weighted by Crippen LogP contribution is 2.33. The first-order valence-electron chi connectivity index (χ1n) is 6.25. The van der Waals surface area contributed by atoms with E-state index in [9.17, 15) is 8.42 Å². The van der Waals surface area contributed by atoms with Crippen LogP contribution in [0.15, 0.2) is 18.2 Å². The summed E-state index contributed by atoms with van der Waals surface area (Å²) in [7, 11) is -3.03. The second kappa shape index (κ2) is 4.09. The molecule has 1 unspecified atom stereocenters. The molecule has 1 saturated heterocycles. The molecule has 1 fully saturated rings. The molecular formula is C13H16N2O2S. The number of fused-ring (bicyclic) bond motifs is 1. The van der Waals surface area contributed by atoms with Gasteiger partial charge in [-0.1, -0.05) is 18.6 Å². The van der Waals surface area contributed by atoms with Crippen molar-refractivity contribution in [2.45, 2.75) is 31.4 Å². The van der Waals surface area contributed by atoms with Crippen molar-refractivity contribution in [2.24, 2.45) is 0 Å². The van der Waals surface area contributed by atoms with Crippen LogP contribution in [0.3, 0.4) is 0 Å². The first kappa shape index (κ1) is 11.7. The molecule has 2 heterocycles. The third-order valence-corrected chi connectivity index (χ3v) is 5.80. The molecule has 96 valence electrons. The van der Waals surface area contributed by atoms with E-state index in [0.717, 1.165) is 29.4 Å². The standard InChI is InChI=1S/C13H16N2O2S/c1-9-5-4-6-10-12(9)15-13(14-10)11-7-2-3-8-18(11,16)17/h4-6,11H,2-3,7-8H2,1H3,(H,14,15). The van der Waals surface area contributed by atoms with Gasteiger partial charge in [-0.15, -0.1) is 0 Å². The van der Waals surface area contributed by atoms with Crippen LogP contribution in [-0.2, 0) is 9.84 Å². The van der Waals surface area contributed by atoms with E-state index in [1.54, 1.807) is 0 Å². The van der Waals surface area contributed by atoms with Crippen LogP contribution >= 0.6 is 0 Å². The summed E-state index contributed by atoms with van der Waals surface area (Å²) >= 11 is 0. The van der Waals surface area contributed by atoms with Gasteiger partial charge in [0.25, 0.3) is 0 Å². The van der Waals surface area contributed by atoms with Gasteiger partial charge in [-0.2, -0.15) is 0 Å². The van der Waals surface area contributed by atoms with Gasteiger partial charge in [-0.25, -0.2) is 13.4 Å². The lowest BCUT2D eigenvalue weighted by Gasteiger charge is -2.20. The summed E-state index contributed by atoms with van der Waals surface area (Å²) in [5.74, 6) is 0.896. The third kappa shape index (κ3) is 1.82. The van der Waals surface area contributed by atoms with Gasteiger partial charge in [0.1, 0.15) is 11.1 Å². The number of nitrogens with one attached hydrogen (secondary N) is 1. The van der Waals surface area contributed by atoms with Crippen LogP contribution in [-0.4, -0.2) is 24.1 Å². The van der Waals surface area contributed by atoms with Crippen molar-refractivity contribution in [1.29, 1.82) is 0 Å². The molecule has 1 aliphatic heterocycles. The van der Waals surface area contributed by atoms with Gasteiger partial charge in [-0.3, -0.25) is 0 Å². The minimum absolute atomic E-state index is 0.285. The minimum Gasteiger partial charge on any atom is -0.341 e. The normalized spacial score (nSPS) is 23.3. The van der Waals surface area contributed by atoms with Crippen LogP contribution in [0, 0.1) is 6.92 Å². The fraction of sp³-hybridized carbons (Fsp3) is 0.462. The van der Waals surface area contributed by atoms with Crippen LogP contribution < -0.4 is 0 Å². The average Bonchev–Trinajstić information content (AvgIpc) is 2.73. The van der Waals surface area contributed by atoms with Gasteiger partial charge in [0.15, 0.2) is 9.84 Å². The van der Waals surface area contributed by atoms with E-state index in [4.69, 9.17) is 0 Å². The van der Waals surface area contributed by atoms with Crippen molar-refractivity contribution in [2.75, 3.05) is 5.75 Å². The molecule has 1 aromatic carbocycles. The van der Waals surface area contributed by atoms with Gasteiger partial charge in [0.05, 0.1) is 16.8 Å². The number of aromatic amines is 1. The molecule has 18 heavy (non-hydrogen) atoms. The smallest absolute Gasteiger partial charge is 0.160 e. The Balaban J connectivity index is 2.12. The SMILES string of the molecule is Cc1cccc2[nH]c(C3CCCCS3(=O)=O)nc12. The predicted octanol–water partition coefficient (Wildman–Crippen LogP) is 2.51. The number of aryl methyl sites for hydroxylation is 1. The molecule has 0 bridgehead atoms. The van der Waals surface area contributed by atoms with Crippen LogP contribution in [0.1, 0.15) is 35.9 Å². The fourth-order valence-corrected chi connectivity index (χ4v) is 4.48. The summed E-state index contributed by atoms with van der Waals surface area (Å²) in [6, 6.07) is 5.88. The Morgan fingerprint density at radius 3 is 2.89 bits per heavy atom. The Morgan fingerprint density at radius 1 is 1.33 bits per heavy atom. The number of para-hydroxylation sites is 1. The predicted molar refractivity (Wildman–Crippen MR) is 71.2 cm³/mol. The lowest BCUT2D eigenvalue weighted by Crippen LogP contribution is -2.22. The number of imidazole rings is 1. The van der Waals surface area contributed by atoms with Crippen LogP contribution in [0.2, 0.25) is 0 Å². The lowest BCUT2D eigenvalue weighted by atomic mass is 10.2. The zero-order chi connectivity index (χ0) is 12.8. The van der Waals surface area contributed by atoms with Gasteiger partial charge < -0.3 is 4.98 Å². The van der Waals surface area contributed by atoms with E-state index < -0.39 is 15.1 Å².